The predicted molar refractivity (Wildman–Crippen MR) is 75.8 cm³/mol. The lowest BCUT2D eigenvalue weighted by Gasteiger charge is -2.20. The first-order valence-electron chi connectivity index (χ1n) is 6.90. The fourth-order valence-electron chi connectivity index (χ4n) is 2.75. The van der Waals surface area contributed by atoms with Crippen molar-refractivity contribution in [2.75, 3.05) is 11.9 Å². The number of rotatable bonds is 5. The normalized spacial score (nSPS) is 22.4. The van der Waals surface area contributed by atoms with Crippen LogP contribution in [0.1, 0.15) is 31.7 Å². The molecule has 19 heavy (non-hydrogen) atoms. The van der Waals surface area contributed by atoms with Gasteiger partial charge in [0.1, 0.15) is 0 Å². The van der Waals surface area contributed by atoms with Gasteiger partial charge in [-0.05, 0) is 30.4 Å². The fourth-order valence-corrected chi connectivity index (χ4v) is 2.75. The van der Waals surface area contributed by atoms with Crippen molar-refractivity contribution in [3.8, 4) is 0 Å². The molecule has 1 aliphatic rings. The molecule has 0 aliphatic heterocycles. The molecule has 1 amide bonds. The van der Waals surface area contributed by atoms with Crippen LogP contribution >= 0.6 is 0 Å². The van der Waals surface area contributed by atoms with Crippen molar-refractivity contribution in [1.29, 1.82) is 0 Å². The van der Waals surface area contributed by atoms with E-state index in [1.54, 1.807) is 0 Å². The van der Waals surface area contributed by atoms with Crippen LogP contribution in [-0.2, 0) is 11.3 Å². The first kappa shape index (κ1) is 14.0. The molecule has 0 spiro atoms. The molecule has 1 fully saturated rings. The zero-order valence-electron chi connectivity index (χ0n) is 11.4. The van der Waals surface area contributed by atoms with Gasteiger partial charge in [-0.1, -0.05) is 24.6 Å². The highest BCUT2D eigenvalue weighted by molar-refractivity contribution is 5.89. The molecule has 4 heteroatoms. The molecule has 1 aliphatic carbocycles. The molecule has 2 atom stereocenters. The minimum absolute atomic E-state index is 0.0541. The molecule has 4 nitrogen and oxygen atoms in total. The summed E-state index contributed by atoms with van der Waals surface area (Å²) in [5.41, 5.74) is 1.95. The Morgan fingerprint density at radius 1 is 1.37 bits per heavy atom. The highest BCUT2D eigenvalue weighted by Crippen LogP contribution is 2.26. The highest BCUT2D eigenvalue weighted by Gasteiger charge is 2.25. The Morgan fingerprint density at radius 3 is 2.89 bits per heavy atom. The molecule has 2 rings (SSSR count). The van der Waals surface area contributed by atoms with Crippen LogP contribution in [0, 0.1) is 5.92 Å². The number of para-hydroxylation sites is 1. The van der Waals surface area contributed by atoms with Gasteiger partial charge in [-0.3, -0.25) is 4.79 Å². The van der Waals surface area contributed by atoms with E-state index in [0.717, 1.165) is 30.6 Å². The Bertz CT molecular complexity index is 434. The minimum atomic E-state index is -0.0541. The lowest BCUT2D eigenvalue weighted by molar-refractivity contribution is -0.114. The van der Waals surface area contributed by atoms with Crippen LogP contribution < -0.4 is 10.6 Å². The SMILES string of the molecule is CC(=O)Nc1ccccc1CNC1CCCC1CO. The minimum Gasteiger partial charge on any atom is -0.396 e. The maximum Gasteiger partial charge on any atom is 0.221 e. The third-order valence-electron chi connectivity index (χ3n) is 3.78. The number of aliphatic hydroxyl groups excluding tert-OH is 1. The molecule has 0 bridgehead atoms. The van der Waals surface area contributed by atoms with Gasteiger partial charge < -0.3 is 15.7 Å². The molecule has 104 valence electrons. The van der Waals surface area contributed by atoms with Gasteiger partial charge in [0.25, 0.3) is 0 Å². The summed E-state index contributed by atoms with van der Waals surface area (Å²) in [5, 5.41) is 15.7. The Labute approximate surface area is 114 Å². The van der Waals surface area contributed by atoms with Crippen molar-refractivity contribution in [2.24, 2.45) is 5.92 Å². The summed E-state index contributed by atoms with van der Waals surface area (Å²) in [7, 11) is 0. The Morgan fingerprint density at radius 2 is 2.16 bits per heavy atom. The second kappa shape index (κ2) is 6.68. The average molecular weight is 262 g/mol. The van der Waals surface area contributed by atoms with E-state index in [2.05, 4.69) is 10.6 Å². The fraction of sp³-hybridized carbons (Fsp3) is 0.533. The van der Waals surface area contributed by atoms with Gasteiger partial charge in [-0.25, -0.2) is 0 Å². The van der Waals surface area contributed by atoms with Crippen LogP contribution in [0.25, 0.3) is 0 Å². The van der Waals surface area contributed by atoms with Crippen molar-refractivity contribution < 1.29 is 9.90 Å². The number of carbonyl (C=O) groups is 1. The van der Waals surface area contributed by atoms with Crippen LogP contribution in [0.15, 0.2) is 24.3 Å². The Kier molecular flexibility index (Phi) is 4.93. The van der Waals surface area contributed by atoms with Crippen LogP contribution in [0.2, 0.25) is 0 Å². The van der Waals surface area contributed by atoms with Gasteiger partial charge >= 0.3 is 0 Å². The topological polar surface area (TPSA) is 61.4 Å². The molecule has 0 saturated heterocycles. The number of anilines is 1. The van der Waals surface area contributed by atoms with Crippen LogP contribution in [0.4, 0.5) is 5.69 Å². The number of amides is 1. The maximum atomic E-state index is 11.2. The average Bonchev–Trinajstić information content (AvgIpc) is 2.84. The standard InChI is InChI=1S/C15H22N2O2/c1-11(19)17-15-7-3-2-5-12(15)9-16-14-8-4-6-13(14)10-18/h2-3,5,7,13-14,16,18H,4,6,8-10H2,1H3,(H,17,19). The molecule has 0 heterocycles. The Hall–Kier alpha value is -1.39. The van der Waals surface area contributed by atoms with Crippen LogP contribution in [0.5, 0.6) is 0 Å². The van der Waals surface area contributed by atoms with E-state index < -0.39 is 0 Å². The number of aliphatic hydroxyl groups is 1. The van der Waals surface area contributed by atoms with E-state index in [1.165, 1.54) is 13.3 Å². The van der Waals surface area contributed by atoms with E-state index in [-0.39, 0.29) is 12.5 Å². The molecule has 3 N–H and O–H groups in total. The predicted octanol–water partition coefficient (Wildman–Crippen LogP) is 1.90. The molecule has 0 aromatic heterocycles. The van der Waals surface area contributed by atoms with Gasteiger partial charge in [0.15, 0.2) is 0 Å². The van der Waals surface area contributed by atoms with Gasteiger partial charge in [0.05, 0.1) is 0 Å². The van der Waals surface area contributed by atoms with Crippen LogP contribution in [-0.4, -0.2) is 23.7 Å². The van der Waals surface area contributed by atoms with Crippen molar-refractivity contribution in [2.45, 2.75) is 38.8 Å². The van der Waals surface area contributed by atoms with Gasteiger partial charge in [0.2, 0.25) is 5.91 Å². The van der Waals surface area contributed by atoms with E-state index in [9.17, 15) is 9.90 Å². The lowest BCUT2D eigenvalue weighted by atomic mass is 10.0. The summed E-state index contributed by atoms with van der Waals surface area (Å²) in [4.78, 5) is 11.2. The quantitative estimate of drug-likeness (QED) is 0.759. The second-order valence-electron chi connectivity index (χ2n) is 5.20. The number of hydrogen-bond donors (Lipinski definition) is 3. The number of carbonyl (C=O) groups excluding carboxylic acids is 1. The first-order valence-corrected chi connectivity index (χ1v) is 6.90. The summed E-state index contributed by atoms with van der Waals surface area (Å²) < 4.78 is 0. The molecule has 1 aromatic carbocycles. The van der Waals surface area contributed by atoms with Gasteiger partial charge in [-0.2, -0.15) is 0 Å². The summed E-state index contributed by atoms with van der Waals surface area (Å²) in [6.45, 7) is 2.49. The first-order chi connectivity index (χ1) is 9.20. The monoisotopic (exact) mass is 262 g/mol. The highest BCUT2D eigenvalue weighted by atomic mass is 16.3. The zero-order valence-corrected chi connectivity index (χ0v) is 11.4. The van der Waals surface area contributed by atoms with Crippen molar-refractivity contribution in [3.05, 3.63) is 29.8 Å². The van der Waals surface area contributed by atoms with Crippen LogP contribution in [0.3, 0.4) is 0 Å². The van der Waals surface area contributed by atoms with Crippen molar-refractivity contribution in [1.82, 2.24) is 5.32 Å². The summed E-state index contributed by atoms with van der Waals surface area (Å²) in [6, 6.07) is 8.20. The number of hydrogen-bond acceptors (Lipinski definition) is 3. The van der Waals surface area contributed by atoms with E-state index in [1.807, 2.05) is 24.3 Å². The third-order valence-corrected chi connectivity index (χ3v) is 3.78. The maximum absolute atomic E-state index is 11.2. The number of benzene rings is 1. The van der Waals surface area contributed by atoms with Crippen molar-refractivity contribution >= 4 is 11.6 Å². The van der Waals surface area contributed by atoms with Gasteiger partial charge in [-0.15, -0.1) is 0 Å². The molecular weight excluding hydrogens is 240 g/mol. The van der Waals surface area contributed by atoms with E-state index in [0.29, 0.717) is 12.0 Å². The Balaban J connectivity index is 1.97. The molecule has 0 radical (unpaired) electrons. The third kappa shape index (κ3) is 3.78. The molecule has 2 unspecified atom stereocenters. The van der Waals surface area contributed by atoms with Gasteiger partial charge in [0, 0.05) is 31.8 Å². The molecular formula is C15H22N2O2. The zero-order chi connectivity index (χ0) is 13.7. The summed E-state index contributed by atoms with van der Waals surface area (Å²) in [6.07, 6.45) is 3.39. The van der Waals surface area contributed by atoms with Crippen molar-refractivity contribution in [3.63, 3.8) is 0 Å². The molecule has 1 aromatic rings. The summed E-state index contributed by atoms with van der Waals surface area (Å²) >= 11 is 0. The molecule has 1 saturated carbocycles. The van der Waals surface area contributed by atoms with E-state index >= 15 is 0 Å². The lowest BCUT2D eigenvalue weighted by Crippen LogP contribution is -2.33. The summed E-state index contributed by atoms with van der Waals surface area (Å²) in [5.74, 6) is 0.314. The second-order valence-corrected chi connectivity index (χ2v) is 5.20. The number of nitrogens with one attached hydrogen (secondary N) is 2. The smallest absolute Gasteiger partial charge is 0.221 e. The van der Waals surface area contributed by atoms with E-state index in [4.69, 9.17) is 0 Å². The largest absolute Gasteiger partial charge is 0.396 e.